The number of guanidine groups is 1. The molecule has 1 unspecified atom stereocenters. The third-order valence-corrected chi connectivity index (χ3v) is 4.80. The molecule has 0 aliphatic carbocycles. The number of rotatable bonds is 11. The van der Waals surface area contributed by atoms with Crippen LogP contribution in [0.25, 0.3) is 0 Å². The summed E-state index contributed by atoms with van der Waals surface area (Å²) >= 11 is 0. The van der Waals surface area contributed by atoms with E-state index in [2.05, 4.69) is 48.1 Å². The molecule has 1 atom stereocenters. The average molecular weight is 453 g/mol. The predicted molar refractivity (Wildman–Crippen MR) is 117 cm³/mol. The molecule has 0 bridgehead atoms. The topological polar surface area (TPSA) is 42.9 Å². The second-order valence-corrected chi connectivity index (χ2v) is 6.31. The van der Waals surface area contributed by atoms with Crippen LogP contribution in [0, 0.1) is 0 Å². The highest BCUT2D eigenvalue weighted by atomic mass is 127. The number of aliphatic imine (C=N–C) groups is 1. The molecule has 6 heteroatoms. The lowest BCUT2D eigenvalue weighted by molar-refractivity contribution is 0.273. The highest BCUT2D eigenvalue weighted by molar-refractivity contribution is 14.0. The van der Waals surface area contributed by atoms with E-state index in [0.717, 1.165) is 45.2 Å². The maximum absolute atomic E-state index is 4.80. The zero-order valence-electron chi connectivity index (χ0n) is 16.3. The van der Waals surface area contributed by atoms with Gasteiger partial charge in [-0.2, -0.15) is 0 Å². The number of nitrogens with zero attached hydrogens (tertiary/aromatic N) is 3. The standard InChI is InChI=1S/C18H39N5.HI/c1-5-19-18(20-13-9-10-14-22(6-2)7-3)21-16-17-12-11-15-23(17)8-4;/h17H,5-16H2,1-4H3,(H2,19,20,21);1H. The van der Waals surface area contributed by atoms with Crippen molar-refractivity contribution in [1.29, 1.82) is 0 Å². The normalized spacial score (nSPS) is 18.7. The Bertz CT molecular complexity index is 321. The van der Waals surface area contributed by atoms with Gasteiger partial charge in [-0.25, -0.2) is 0 Å². The number of nitrogens with one attached hydrogen (secondary N) is 2. The number of hydrogen-bond acceptors (Lipinski definition) is 3. The lowest BCUT2D eigenvalue weighted by Crippen LogP contribution is -2.39. The van der Waals surface area contributed by atoms with Gasteiger partial charge >= 0.3 is 0 Å². The lowest BCUT2D eigenvalue weighted by Gasteiger charge is -2.21. The molecule has 1 fully saturated rings. The lowest BCUT2D eigenvalue weighted by atomic mass is 10.2. The molecule has 5 nitrogen and oxygen atoms in total. The summed E-state index contributed by atoms with van der Waals surface area (Å²) < 4.78 is 0. The van der Waals surface area contributed by atoms with Crippen LogP contribution in [-0.4, -0.2) is 74.2 Å². The van der Waals surface area contributed by atoms with Crippen molar-refractivity contribution < 1.29 is 0 Å². The molecule has 0 spiro atoms. The molecule has 0 saturated carbocycles. The summed E-state index contributed by atoms with van der Waals surface area (Å²) in [5.74, 6) is 0.985. The van der Waals surface area contributed by atoms with Gasteiger partial charge in [-0.3, -0.25) is 9.89 Å². The van der Waals surface area contributed by atoms with Crippen molar-refractivity contribution in [1.82, 2.24) is 20.4 Å². The number of unbranched alkanes of at least 4 members (excludes halogenated alkanes) is 1. The van der Waals surface area contributed by atoms with Crippen LogP contribution in [0.4, 0.5) is 0 Å². The summed E-state index contributed by atoms with van der Waals surface area (Å²) in [7, 11) is 0. The van der Waals surface area contributed by atoms with Crippen LogP contribution in [-0.2, 0) is 0 Å². The van der Waals surface area contributed by atoms with Crippen LogP contribution < -0.4 is 10.6 Å². The molecule has 2 N–H and O–H groups in total. The van der Waals surface area contributed by atoms with Crippen molar-refractivity contribution in [2.24, 2.45) is 4.99 Å². The van der Waals surface area contributed by atoms with Crippen molar-refractivity contribution in [2.45, 2.75) is 59.4 Å². The molecular formula is C18H40IN5. The van der Waals surface area contributed by atoms with Crippen molar-refractivity contribution in [3.63, 3.8) is 0 Å². The SMILES string of the molecule is CCNC(=NCC1CCCN1CC)NCCCCN(CC)CC.I. The van der Waals surface area contributed by atoms with Crippen LogP contribution in [0.5, 0.6) is 0 Å². The highest BCUT2D eigenvalue weighted by Gasteiger charge is 2.22. The van der Waals surface area contributed by atoms with Gasteiger partial charge in [-0.15, -0.1) is 24.0 Å². The minimum atomic E-state index is 0. The molecule has 1 saturated heterocycles. The summed E-state index contributed by atoms with van der Waals surface area (Å²) in [5, 5.41) is 6.86. The Hall–Kier alpha value is -0.0800. The van der Waals surface area contributed by atoms with E-state index in [0.29, 0.717) is 6.04 Å². The Morgan fingerprint density at radius 2 is 1.88 bits per heavy atom. The van der Waals surface area contributed by atoms with Gasteiger partial charge in [-0.1, -0.05) is 20.8 Å². The van der Waals surface area contributed by atoms with Gasteiger partial charge in [0, 0.05) is 19.1 Å². The molecule has 0 amide bonds. The molecule has 144 valence electrons. The minimum absolute atomic E-state index is 0. The van der Waals surface area contributed by atoms with Crippen LogP contribution in [0.15, 0.2) is 4.99 Å². The zero-order valence-corrected chi connectivity index (χ0v) is 18.6. The van der Waals surface area contributed by atoms with E-state index in [1.165, 1.54) is 38.8 Å². The Balaban J connectivity index is 0.00000529. The Labute approximate surface area is 167 Å². The smallest absolute Gasteiger partial charge is 0.191 e. The summed E-state index contributed by atoms with van der Waals surface area (Å²) in [6.45, 7) is 17.6. The molecule has 1 aliphatic heterocycles. The van der Waals surface area contributed by atoms with E-state index in [-0.39, 0.29) is 24.0 Å². The Kier molecular flexibility index (Phi) is 15.1. The molecule has 1 rings (SSSR count). The quantitative estimate of drug-likeness (QED) is 0.219. The molecule has 0 aromatic heterocycles. The van der Waals surface area contributed by atoms with Gasteiger partial charge in [-0.05, 0) is 65.3 Å². The highest BCUT2D eigenvalue weighted by Crippen LogP contribution is 2.16. The summed E-state index contributed by atoms with van der Waals surface area (Å²) in [4.78, 5) is 9.84. The van der Waals surface area contributed by atoms with Gasteiger partial charge in [0.1, 0.15) is 0 Å². The predicted octanol–water partition coefficient (Wildman–Crippen LogP) is 2.77. The van der Waals surface area contributed by atoms with Crippen LogP contribution in [0.3, 0.4) is 0 Å². The summed E-state index contributed by atoms with van der Waals surface area (Å²) in [5.41, 5.74) is 0. The van der Waals surface area contributed by atoms with E-state index in [4.69, 9.17) is 4.99 Å². The first-order valence-corrected chi connectivity index (χ1v) is 9.73. The van der Waals surface area contributed by atoms with Gasteiger partial charge in [0.05, 0.1) is 6.54 Å². The average Bonchev–Trinajstić information content (AvgIpc) is 3.03. The Morgan fingerprint density at radius 1 is 1.12 bits per heavy atom. The molecule has 0 aromatic rings. The first-order chi connectivity index (χ1) is 11.2. The monoisotopic (exact) mass is 453 g/mol. The summed E-state index contributed by atoms with van der Waals surface area (Å²) in [6.07, 6.45) is 5.07. The second kappa shape index (κ2) is 15.2. The second-order valence-electron chi connectivity index (χ2n) is 6.31. The molecule has 24 heavy (non-hydrogen) atoms. The fraction of sp³-hybridized carbons (Fsp3) is 0.944. The molecule has 0 radical (unpaired) electrons. The zero-order chi connectivity index (χ0) is 16.9. The maximum atomic E-state index is 4.80. The molecule has 0 aromatic carbocycles. The third-order valence-electron chi connectivity index (χ3n) is 4.80. The van der Waals surface area contributed by atoms with Crippen molar-refractivity contribution in [3.8, 4) is 0 Å². The van der Waals surface area contributed by atoms with E-state index in [9.17, 15) is 0 Å². The van der Waals surface area contributed by atoms with E-state index in [1.807, 2.05) is 0 Å². The van der Waals surface area contributed by atoms with Crippen LogP contribution >= 0.6 is 24.0 Å². The fourth-order valence-electron chi connectivity index (χ4n) is 3.26. The summed E-state index contributed by atoms with van der Waals surface area (Å²) in [6, 6.07) is 0.637. The van der Waals surface area contributed by atoms with Gasteiger partial charge < -0.3 is 15.5 Å². The Morgan fingerprint density at radius 3 is 2.50 bits per heavy atom. The molecule has 1 heterocycles. The first-order valence-electron chi connectivity index (χ1n) is 9.73. The first kappa shape index (κ1) is 23.9. The molecular weight excluding hydrogens is 413 g/mol. The van der Waals surface area contributed by atoms with Crippen LogP contribution in [0.2, 0.25) is 0 Å². The van der Waals surface area contributed by atoms with Gasteiger partial charge in [0.25, 0.3) is 0 Å². The minimum Gasteiger partial charge on any atom is -0.357 e. The van der Waals surface area contributed by atoms with Crippen molar-refractivity contribution >= 4 is 29.9 Å². The third kappa shape index (κ3) is 9.42. The molecule has 1 aliphatic rings. The van der Waals surface area contributed by atoms with Crippen LogP contribution in [0.1, 0.15) is 53.4 Å². The number of hydrogen-bond donors (Lipinski definition) is 2. The fourth-order valence-corrected chi connectivity index (χ4v) is 3.26. The number of halogens is 1. The van der Waals surface area contributed by atoms with Gasteiger partial charge in [0.2, 0.25) is 0 Å². The number of likely N-dealkylation sites (tertiary alicyclic amines) is 1. The van der Waals surface area contributed by atoms with Gasteiger partial charge in [0.15, 0.2) is 5.96 Å². The number of likely N-dealkylation sites (N-methyl/N-ethyl adjacent to an activating group) is 1. The van der Waals surface area contributed by atoms with Crippen molar-refractivity contribution in [3.05, 3.63) is 0 Å². The largest absolute Gasteiger partial charge is 0.357 e. The van der Waals surface area contributed by atoms with E-state index >= 15 is 0 Å². The van der Waals surface area contributed by atoms with E-state index in [1.54, 1.807) is 0 Å². The van der Waals surface area contributed by atoms with Crippen molar-refractivity contribution in [2.75, 3.05) is 52.4 Å². The van der Waals surface area contributed by atoms with E-state index < -0.39 is 0 Å². The maximum Gasteiger partial charge on any atom is 0.191 e.